The number of allylic oxidation sites excluding steroid dienone is 7. The molecular weight excluding hydrogens is 292 g/mol. The van der Waals surface area contributed by atoms with Gasteiger partial charge in [0, 0.05) is 18.5 Å². The minimum Gasteiger partial charge on any atom is -0.387 e. The quantitative estimate of drug-likeness (QED) is 0.573. The van der Waals surface area contributed by atoms with Crippen LogP contribution in [0.2, 0.25) is 0 Å². The number of nitrogens with two attached hydrogens (primary N) is 1. The Hall–Kier alpha value is -2.87. The Morgan fingerprint density at radius 3 is 2.54 bits per heavy atom. The molecule has 0 atom stereocenters. The monoisotopic (exact) mass is 316 g/mol. The molecule has 2 rings (SSSR count). The van der Waals surface area contributed by atoms with Crippen LogP contribution in [0.1, 0.15) is 24.0 Å². The van der Waals surface area contributed by atoms with Crippen molar-refractivity contribution >= 4 is 11.4 Å². The highest BCUT2D eigenvalue weighted by atomic mass is 14.9. The van der Waals surface area contributed by atoms with Crippen molar-refractivity contribution in [1.29, 1.82) is 0 Å². The predicted octanol–water partition coefficient (Wildman–Crippen LogP) is 5.13. The predicted molar refractivity (Wildman–Crippen MR) is 106 cm³/mol. The smallest absolute Gasteiger partial charge is 0.104 e. The SMILES string of the molecule is C=C/C=C(\C=C1/CC=C(C=C)CC(N)=N1)c1ccc(CC=C)cc1. The molecule has 2 nitrogen and oxygen atoms in total. The molecule has 2 heteroatoms. The summed E-state index contributed by atoms with van der Waals surface area (Å²) in [6.07, 6.45) is 14.0. The van der Waals surface area contributed by atoms with Crippen LogP contribution in [0.5, 0.6) is 0 Å². The maximum Gasteiger partial charge on any atom is 0.104 e. The minimum atomic E-state index is 0.615. The van der Waals surface area contributed by atoms with E-state index >= 15 is 0 Å². The molecule has 0 aliphatic carbocycles. The highest BCUT2D eigenvalue weighted by Crippen LogP contribution is 2.23. The van der Waals surface area contributed by atoms with Gasteiger partial charge in [0.15, 0.2) is 0 Å². The van der Waals surface area contributed by atoms with Crippen molar-refractivity contribution in [2.24, 2.45) is 10.7 Å². The number of aliphatic imine (C=N–C) groups is 1. The average Bonchev–Trinajstić information content (AvgIpc) is 2.76. The van der Waals surface area contributed by atoms with Gasteiger partial charge in [-0.2, -0.15) is 0 Å². The first-order valence-electron chi connectivity index (χ1n) is 8.04. The van der Waals surface area contributed by atoms with Gasteiger partial charge in [-0.1, -0.05) is 67.8 Å². The van der Waals surface area contributed by atoms with Crippen LogP contribution in [0.4, 0.5) is 0 Å². The van der Waals surface area contributed by atoms with E-state index in [2.05, 4.69) is 61.1 Å². The highest BCUT2D eigenvalue weighted by molar-refractivity contribution is 5.85. The van der Waals surface area contributed by atoms with Crippen molar-refractivity contribution in [3.8, 4) is 0 Å². The zero-order valence-electron chi connectivity index (χ0n) is 14.0. The molecule has 1 aliphatic heterocycles. The van der Waals surface area contributed by atoms with E-state index in [4.69, 9.17) is 5.73 Å². The summed E-state index contributed by atoms with van der Waals surface area (Å²) in [7, 11) is 0. The Kier molecular flexibility index (Phi) is 6.32. The molecule has 0 aromatic heterocycles. The van der Waals surface area contributed by atoms with Gasteiger partial charge >= 0.3 is 0 Å². The second-order valence-electron chi connectivity index (χ2n) is 5.65. The van der Waals surface area contributed by atoms with Crippen molar-refractivity contribution in [2.75, 3.05) is 0 Å². The van der Waals surface area contributed by atoms with E-state index < -0.39 is 0 Å². The molecule has 24 heavy (non-hydrogen) atoms. The lowest BCUT2D eigenvalue weighted by Crippen LogP contribution is -2.11. The number of rotatable bonds is 6. The van der Waals surface area contributed by atoms with Gasteiger partial charge in [-0.05, 0) is 34.8 Å². The molecule has 0 amide bonds. The van der Waals surface area contributed by atoms with Gasteiger partial charge in [-0.3, -0.25) is 0 Å². The van der Waals surface area contributed by atoms with Crippen LogP contribution in [0.15, 0.2) is 96.7 Å². The van der Waals surface area contributed by atoms with Crippen LogP contribution in [-0.4, -0.2) is 5.84 Å². The number of nitrogens with zero attached hydrogens (tertiary/aromatic N) is 1. The first-order chi connectivity index (χ1) is 11.7. The Balaban J connectivity index is 2.34. The van der Waals surface area contributed by atoms with Gasteiger partial charge in [0.1, 0.15) is 5.84 Å². The molecule has 1 aromatic carbocycles. The van der Waals surface area contributed by atoms with Crippen LogP contribution < -0.4 is 5.73 Å². The molecule has 0 saturated carbocycles. The zero-order chi connectivity index (χ0) is 17.4. The maximum absolute atomic E-state index is 6.00. The Labute approximate surface area is 144 Å². The maximum atomic E-state index is 6.00. The molecule has 1 heterocycles. The van der Waals surface area contributed by atoms with Crippen molar-refractivity contribution in [3.05, 3.63) is 103 Å². The summed E-state index contributed by atoms with van der Waals surface area (Å²) in [5, 5.41) is 0. The molecule has 0 unspecified atom stereocenters. The van der Waals surface area contributed by atoms with E-state index in [1.54, 1.807) is 6.08 Å². The topological polar surface area (TPSA) is 38.4 Å². The Bertz CT molecular complexity index is 741. The van der Waals surface area contributed by atoms with Crippen LogP contribution in [0.3, 0.4) is 0 Å². The Morgan fingerprint density at radius 1 is 1.17 bits per heavy atom. The normalized spacial score (nSPS) is 16.8. The molecule has 0 spiro atoms. The van der Waals surface area contributed by atoms with Crippen LogP contribution in [-0.2, 0) is 6.42 Å². The van der Waals surface area contributed by atoms with Crippen LogP contribution in [0.25, 0.3) is 5.57 Å². The number of hydrogen-bond acceptors (Lipinski definition) is 2. The third-order valence-corrected chi connectivity index (χ3v) is 3.79. The highest BCUT2D eigenvalue weighted by Gasteiger charge is 2.07. The summed E-state index contributed by atoms with van der Waals surface area (Å²) < 4.78 is 0. The third kappa shape index (κ3) is 4.82. The molecular formula is C22H24N2. The van der Waals surface area contributed by atoms with Crippen molar-refractivity contribution in [1.82, 2.24) is 0 Å². The van der Waals surface area contributed by atoms with E-state index in [1.807, 2.05) is 18.2 Å². The molecule has 1 aliphatic rings. The van der Waals surface area contributed by atoms with Gasteiger partial charge in [0.25, 0.3) is 0 Å². The van der Waals surface area contributed by atoms with Gasteiger partial charge in [-0.15, -0.1) is 6.58 Å². The fourth-order valence-electron chi connectivity index (χ4n) is 2.57. The van der Waals surface area contributed by atoms with E-state index in [1.165, 1.54) is 5.56 Å². The largest absolute Gasteiger partial charge is 0.387 e. The first kappa shape index (κ1) is 17.5. The number of benzene rings is 1. The molecule has 0 saturated heterocycles. The minimum absolute atomic E-state index is 0.615. The average molecular weight is 316 g/mol. The summed E-state index contributed by atoms with van der Waals surface area (Å²) in [6.45, 7) is 11.4. The Morgan fingerprint density at radius 2 is 1.92 bits per heavy atom. The lowest BCUT2D eigenvalue weighted by atomic mass is 10.0. The fourth-order valence-corrected chi connectivity index (χ4v) is 2.57. The first-order valence-corrected chi connectivity index (χ1v) is 8.04. The summed E-state index contributed by atoms with van der Waals surface area (Å²) in [5.74, 6) is 0.615. The number of hydrogen-bond donors (Lipinski definition) is 1. The molecule has 1 aromatic rings. The van der Waals surface area contributed by atoms with Gasteiger partial charge in [-0.25, -0.2) is 4.99 Å². The van der Waals surface area contributed by atoms with E-state index in [-0.39, 0.29) is 0 Å². The van der Waals surface area contributed by atoms with Crippen molar-refractivity contribution in [2.45, 2.75) is 19.3 Å². The summed E-state index contributed by atoms with van der Waals surface area (Å²) >= 11 is 0. The van der Waals surface area contributed by atoms with Crippen molar-refractivity contribution in [3.63, 3.8) is 0 Å². The standard InChI is InChI=1S/C22H24N2/c1-4-7-18-9-12-19(13-10-18)20(8-5-2)16-21-14-11-17(6-3)15-22(23)24-21/h4-6,8-13,16H,1-3,7,14-15H2,(H2,23,24)/b20-8+,21-16+. The fraction of sp³-hybridized carbons (Fsp3) is 0.136. The number of amidine groups is 1. The van der Waals surface area contributed by atoms with Gasteiger partial charge in [0.2, 0.25) is 0 Å². The summed E-state index contributed by atoms with van der Waals surface area (Å²) in [6, 6.07) is 8.46. The lowest BCUT2D eigenvalue weighted by molar-refractivity contribution is 1.17. The van der Waals surface area contributed by atoms with Crippen molar-refractivity contribution < 1.29 is 0 Å². The van der Waals surface area contributed by atoms with E-state index in [0.29, 0.717) is 12.3 Å². The van der Waals surface area contributed by atoms with E-state index in [9.17, 15) is 0 Å². The van der Waals surface area contributed by atoms with Gasteiger partial charge in [0.05, 0.1) is 0 Å². The van der Waals surface area contributed by atoms with Gasteiger partial charge < -0.3 is 5.73 Å². The second-order valence-corrected chi connectivity index (χ2v) is 5.65. The summed E-state index contributed by atoms with van der Waals surface area (Å²) in [5.41, 5.74) is 11.5. The van der Waals surface area contributed by atoms with E-state index in [0.717, 1.165) is 35.2 Å². The summed E-state index contributed by atoms with van der Waals surface area (Å²) in [4.78, 5) is 4.54. The third-order valence-electron chi connectivity index (χ3n) is 3.79. The molecule has 2 N–H and O–H groups in total. The van der Waals surface area contributed by atoms with Crippen LogP contribution in [0, 0.1) is 0 Å². The molecule has 0 fully saturated rings. The second kappa shape index (κ2) is 8.68. The molecule has 122 valence electrons. The molecule has 0 bridgehead atoms. The zero-order valence-corrected chi connectivity index (χ0v) is 14.0. The lowest BCUT2D eigenvalue weighted by Gasteiger charge is -2.06. The molecule has 0 radical (unpaired) electrons. The van der Waals surface area contributed by atoms with Crippen LogP contribution >= 0.6 is 0 Å².